The van der Waals surface area contributed by atoms with E-state index < -0.39 is 29.5 Å². The summed E-state index contributed by atoms with van der Waals surface area (Å²) in [4.78, 5) is 11.7. The number of rotatable bonds is 4. The van der Waals surface area contributed by atoms with E-state index in [9.17, 15) is 9.90 Å². The summed E-state index contributed by atoms with van der Waals surface area (Å²) in [6.07, 6.45) is 0. The van der Waals surface area contributed by atoms with Crippen LogP contribution in [-0.2, 0) is 9.53 Å². The number of benzene rings is 1. The monoisotopic (exact) mass is 331 g/mol. The maximum Gasteiger partial charge on any atom is 1.00 e. The standard InChI is InChI=1S/C15H16ClNO4.Na/c1-15(2,3)21-14(19)12(8-17)13(18)9-20-11-6-4-10(16)5-7-11;/h4-7,18H,9H2,1-3H3;/q;+1/p-1. The Morgan fingerprint density at radius 1 is 1.32 bits per heavy atom. The molecule has 0 saturated heterocycles. The molecule has 7 heteroatoms. The first kappa shape index (κ1) is 20.8. The molecule has 0 aliphatic heterocycles. The summed E-state index contributed by atoms with van der Waals surface area (Å²) in [5.41, 5.74) is -1.37. The Morgan fingerprint density at radius 2 is 1.86 bits per heavy atom. The molecule has 1 rings (SSSR count). The molecule has 1 aromatic rings. The van der Waals surface area contributed by atoms with Crippen molar-refractivity contribution in [2.45, 2.75) is 26.4 Å². The largest absolute Gasteiger partial charge is 1.00 e. The van der Waals surface area contributed by atoms with Crippen molar-refractivity contribution in [1.29, 1.82) is 5.26 Å². The number of halogens is 1. The molecule has 0 atom stereocenters. The van der Waals surface area contributed by atoms with E-state index in [-0.39, 0.29) is 29.6 Å². The van der Waals surface area contributed by atoms with Gasteiger partial charge in [-0.15, -0.1) is 0 Å². The number of ether oxygens (including phenoxy) is 2. The van der Waals surface area contributed by atoms with Crippen LogP contribution in [-0.4, -0.2) is 18.2 Å². The van der Waals surface area contributed by atoms with Crippen LogP contribution >= 0.6 is 11.6 Å². The van der Waals surface area contributed by atoms with Gasteiger partial charge in [0.25, 0.3) is 0 Å². The molecule has 5 nitrogen and oxygen atoms in total. The molecular weight excluding hydrogens is 317 g/mol. The van der Waals surface area contributed by atoms with Gasteiger partial charge >= 0.3 is 35.5 Å². The Labute approximate surface area is 156 Å². The third-order valence-electron chi connectivity index (χ3n) is 2.18. The third-order valence-corrected chi connectivity index (χ3v) is 2.43. The average Bonchev–Trinajstić information content (AvgIpc) is 2.36. The predicted octanol–water partition coefficient (Wildman–Crippen LogP) is -0.798. The summed E-state index contributed by atoms with van der Waals surface area (Å²) in [5, 5.41) is 21.3. The van der Waals surface area contributed by atoms with Crippen LogP contribution in [0.5, 0.6) is 5.75 Å². The number of nitrogens with zero attached hydrogens (tertiary/aromatic N) is 1. The Balaban J connectivity index is 0.00000441. The van der Waals surface area contributed by atoms with Gasteiger partial charge in [-0.2, -0.15) is 5.26 Å². The average molecular weight is 332 g/mol. The minimum Gasteiger partial charge on any atom is -0.872 e. The summed E-state index contributed by atoms with van der Waals surface area (Å²) < 4.78 is 10.2. The second kappa shape index (κ2) is 9.06. The van der Waals surface area contributed by atoms with Gasteiger partial charge < -0.3 is 14.6 Å². The van der Waals surface area contributed by atoms with Crippen molar-refractivity contribution in [2.24, 2.45) is 0 Å². The van der Waals surface area contributed by atoms with Crippen LogP contribution < -0.4 is 39.4 Å². The SMILES string of the molecule is CC(C)(C)OC(=O)C(C#N)=C([O-])COc1ccc(Cl)cc1.[Na+]. The Kier molecular flexibility index (Phi) is 8.57. The molecule has 112 valence electrons. The van der Waals surface area contributed by atoms with Crippen LogP contribution in [0.15, 0.2) is 35.6 Å². The van der Waals surface area contributed by atoms with E-state index in [1.54, 1.807) is 51.1 Å². The number of hydrogen-bond donors (Lipinski definition) is 0. The van der Waals surface area contributed by atoms with E-state index >= 15 is 0 Å². The first-order valence-corrected chi connectivity index (χ1v) is 6.52. The fraction of sp³-hybridized carbons (Fsp3) is 0.333. The van der Waals surface area contributed by atoms with Crippen molar-refractivity contribution < 1.29 is 48.9 Å². The van der Waals surface area contributed by atoms with E-state index in [0.29, 0.717) is 10.8 Å². The zero-order valence-corrected chi connectivity index (χ0v) is 15.7. The summed E-state index contributed by atoms with van der Waals surface area (Å²) in [7, 11) is 0. The number of esters is 1. The zero-order valence-electron chi connectivity index (χ0n) is 13.0. The second-order valence-electron chi connectivity index (χ2n) is 5.15. The molecule has 0 aromatic heterocycles. The maximum absolute atomic E-state index is 11.8. The number of carbonyl (C=O) groups is 1. The normalized spacial score (nSPS) is 11.6. The van der Waals surface area contributed by atoms with Gasteiger partial charge in [0.1, 0.15) is 29.6 Å². The maximum atomic E-state index is 11.8. The predicted molar refractivity (Wildman–Crippen MR) is 75.4 cm³/mol. The van der Waals surface area contributed by atoms with Gasteiger partial charge in [-0.05, 0) is 45.0 Å². The van der Waals surface area contributed by atoms with Crippen LogP contribution in [0.25, 0.3) is 0 Å². The Morgan fingerprint density at radius 3 is 2.32 bits per heavy atom. The molecule has 0 bridgehead atoms. The molecule has 0 saturated carbocycles. The van der Waals surface area contributed by atoms with Crippen molar-refractivity contribution in [2.75, 3.05) is 6.61 Å². The van der Waals surface area contributed by atoms with Gasteiger partial charge in [0.2, 0.25) is 0 Å². The van der Waals surface area contributed by atoms with Crippen molar-refractivity contribution in [3.05, 3.63) is 40.6 Å². The number of hydrogen-bond acceptors (Lipinski definition) is 5. The number of nitriles is 1. The van der Waals surface area contributed by atoms with Crippen molar-refractivity contribution in [1.82, 2.24) is 0 Å². The summed E-state index contributed by atoms with van der Waals surface area (Å²) in [5.74, 6) is -1.27. The second-order valence-corrected chi connectivity index (χ2v) is 5.59. The molecule has 0 aliphatic rings. The van der Waals surface area contributed by atoms with Crippen LogP contribution in [0.4, 0.5) is 0 Å². The van der Waals surface area contributed by atoms with E-state index in [1.807, 2.05) is 0 Å². The Hall–Kier alpha value is -1.19. The molecule has 0 aliphatic carbocycles. The van der Waals surface area contributed by atoms with Gasteiger partial charge in [-0.3, -0.25) is 0 Å². The van der Waals surface area contributed by atoms with Gasteiger partial charge in [0, 0.05) is 5.02 Å². The minimum atomic E-state index is -0.949. The Bertz CT molecular complexity index is 585. The molecule has 0 radical (unpaired) electrons. The fourth-order valence-electron chi connectivity index (χ4n) is 1.30. The molecule has 0 heterocycles. The van der Waals surface area contributed by atoms with E-state index in [2.05, 4.69) is 0 Å². The molecule has 0 unspecified atom stereocenters. The van der Waals surface area contributed by atoms with Gasteiger partial charge in [0.15, 0.2) is 0 Å². The molecule has 0 spiro atoms. The smallest absolute Gasteiger partial charge is 0.872 e. The molecule has 22 heavy (non-hydrogen) atoms. The van der Waals surface area contributed by atoms with Crippen molar-refractivity contribution in [3.63, 3.8) is 0 Å². The third kappa shape index (κ3) is 7.19. The van der Waals surface area contributed by atoms with Gasteiger partial charge in [-0.25, -0.2) is 4.79 Å². The quantitative estimate of drug-likeness (QED) is 0.237. The van der Waals surface area contributed by atoms with Crippen LogP contribution in [0.2, 0.25) is 5.02 Å². The number of carbonyl (C=O) groups excluding carboxylic acids is 1. The molecule has 0 N–H and O–H groups in total. The summed E-state index contributed by atoms with van der Waals surface area (Å²) in [6.45, 7) is 4.52. The van der Waals surface area contributed by atoms with E-state index in [1.165, 1.54) is 0 Å². The molecule has 0 amide bonds. The van der Waals surface area contributed by atoms with Crippen LogP contribution in [0.1, 0.15) is 20.8 Å². The van der Waals surface area contributed by atoms with Gasteiger partial charge in [-0.1, -0.05) is 17.4 Å². The summed E-state index contributed by atoms with van der Waals surface area (Å²) >= 11 is 5.72. The molecular formula is C15H15ClNNaO4. The fourth-order valence-corrected chi connectivity index (χ4v) is 1.43. The molecule has 1 aromatic carbocycles. The minimum absolute atomic E-state index is 0. The van der Waals surface area contributed by atoms with E-state index in [0.717, 1.165) is 0 Å². The van der Waals surface area contributed by atoms with Gasteiger partial charge in [0.05, 0.1) is 0 Å². The van der Waals surface area contributed by atoms with E-state index in [4.69, 9.17) is 26.3 Å². The van der Waals surface area contributed by atoms with Crippen molar-refractivity contribution >= 4 is 17.6 Å². The van der Waals surface area contributed by atoms with Crippen molar-refractivity contribution in [3.8, 4) is 11.8 Å². The first-order chi connectivity index (χ1) is 9.73. The van der Waals surface area contributed by atoms with Crippen LogP contribution in [0.3, 0.4) is 0 Å². The molecule has 0 fully saturated rings. The van der Waals surface area contributed by atoms with Crippen LogP contribution in [0, 0.1) is 11.3 Å². The summed E-state index contributed by atoms with van der Waals surface area (Å²) in [6, 6.07) is 7.92. The first-order valence-electron chi connectivity index (χ1n) is 6.15. The topological polar surface area (TPSA) is 82.4 Å². The zero-order chi connectivity index (χ0) is 16.0.